The van der Waals surface area contributed by atoms with E-state index in [9.17, 15) is 18.3 Å². The van der Waals surface area contributed by atoms with E-state index in [0.717, 1.165) is 6.42 Å². The molecule has 1 saturated heterocycles. The number of aromatic carboxylic acids is 1. The zero-order chi connectivity index (χ0) is 14.0. The van der Waals surface area contributed by atoms with Gasteiger partial charge >= 0.3 is 5.97 Å². The van der Waals surface area contributed by atoms with Crippen LogP contribution in [0, 0.1) is 0 Å². The number of rotatable bonds is 4. The van der Waals surface area contributed by atoms with Crippen molar-refractivity contribution in [2.75, 3.05) is 13.2 Å². The highest BCUT2D eigenvalue weighted by Gasteiger charge is 2.34. The van der Waals surface area contributed by atoms with Gasteiger partial charge in [0.25, 0.3) is 0 Å². The van der Waals surface area contributed by atoms with Crippen molar-refractivity contribution in [1.29, 1.82) is 0 Å². The van der Waals surface area contributed by atoms with E-state index in [1.54, 1.807) is 0 Å². The van der Waals surface area contributed by atoms with E-state index in [0.29, 0.717) is 13.0 Å². The van der Waals surface area contributed by atoms with Crippen molar-refractivity contribution in [3.63, 3.8) is 0 Å². The maximum absolute atomic E-state index is 12.4. The summed E-state index contributed by atoms with van der Waals surface area (Å²) in [6, 6.07) is 4.71. The third-order valence-corrected chi connectivity index (χ3v) is 5.21. The molecule has 0 spiro atoms. The second kappa shape index (κ2) is 5.28. The van der Waals surface area contributed by atoms with Crippen molar-refractivity contribution < 1.29 is 23.4 Å². The number of hydrogen-bond donors (Lipinski definition) is 2. The van der Waals surface area contributed by atoms with Gasteiger partial charge in [0.05, 0.1) is 17.1 Å². The largest absolute Gasteiger partial charge is 0.478 e. The normalized spacial score (nSPS) is 20.6. The summed E-state index contributed by atoms with van der Waals surface area (Å²) in [5.41, 5.74) is 0.0408. The maximum atomic E-state index is 12.4. The SMILES string of the molecule is O=C(O)c1ccc(S(=O)(=O)N2CCC[C@H]2CO)cc1. The van der Waals surface area contributed by atoms with Gasteiger partial charge in [0, 0.05) is 12.6 Å². The van der Waals surface area contributed by atoms with Crippen LogP contribution < -0.4 is 0 Å². The van der Waals surface area contributed by atoms with Crippen LogP contribution in [0.4, 0.5) is 0 Å². The van der Waals surface area contributed by atoms with Crippen LogP contribution in [0.2, 0.25) is 0 Å². The average molecular weight is 285 g/mol. The van der Waals surface area contributed by atoms with E-state index in [1.807, 2.05) is 0 Å². The van der Waals surface area contributed by atoms with Crippen LogP contribution in [0.15, 0.2) is 29.2 Å². The number of hydrogen-bond acceptors (Lipinski definition) is 4. The number of benzene rings is 1. The van der Waals surface area contributed by atoms with Gasteiger partial charge in [-0.15, -0.1) is 0 Å². The van der Waals surface area contributed by atoms with E-state index in [4.69, 9.17) is 5.11 Å². The molecule has 0 bridgehead atoms. The minimum absolute atomic E-state index is 0.0408. The molecule has 1 aromatic carbocycles. The second-order valence-electron chi connectivity index (χ2n) is 4.42. The van der Waals surface area contributed by atoms with Crippen LogP contribution in [0.3, 0.4) is 0 Å². The number of carbonyl (C=O) groups is 1. The van der Waals surface area contributed by atoms with Gasteiger partial charge in [-0.3, -0.25) is 0 Å². The van der Waals surface area contributed by atoms with Crippen molar-refractivity contribution >= 4 is 16.0 Å². The molecule has 0 amide bonds. The van der Waals surface area contributed by atoms with E-state index in [-0.39, 0.29) is 23.1 Å². The maximum Gasteiger partial charge on any atom is 0.335 e. The number of sulfonamides is 1. The Balaban J connectivity index is 2.31. The Kier molecular flexibility index (Phi) is 3.88. The first-order valence-electron chi connectivity index (χ1n) is 5.93. The second-order valence-corrected chi connectivity index (χ2v) is 6.31. The summed E-state index contributed by atoms with van der Waals surface area (Å²) in [4.78, 5) is 10.8. The van der Waals surface area contributed by atoms with Gasteiger partial charge in [-0.1, -0.05) is 0 Å². The standard InChI is InChI=1S/C12H15NO5S/c14-8-10-2-1-7-13(10)19(17,18)11-5-3-9(4-6-11)12(15)16/h3-6,10,14H,1-2,7-8H2,(H,15,16)/t10-/m0/s1. The fraction of sp³-hybridized carbons (Fsp3) is 0.417. The summed E-state index contributed by atoms with van der Waals surface area (Å²) < 4.78 is 26.0. The van der Waals surface area contributed by atoms with Gasteiger partial charge in [-0.25, -0.2) is 13.2 Å². The highest BCUT2D eigenvalue weighted by molar-refractivity contribution is 7.89. The first-order valence-corrected chi connectivity index (χ1v) is 7.37. The Hall–Kier alpha value is -1.44. The van der Waals surface area contributed by atoms with E-state index in [2.05, 4.69) is 0 Å². The summed E-state index contributed by atoms with van der Waals surface area (Å²) in [6.45, 7) is 0.181. The average Bonchev–Trinajstić information content (AvgIpc) is 2.87. The summed E-state index contributed by atoms with van der Waals surface area (Å²) in [7, 11) is -3.66. The predicted molar refractivity (Wildman–Crippen MR) is 67.4 cm³/mol. The number of aliphatic hydroxyl groups is 1. The van der Waals surface area contributed by atoms with Gasteiger partial charge in [0.1, 0.15) is 0 Å². The van der Waals surface area contributed by atoms with Crippen LogP contribution in [0.1, 0.15) is 23.2 Å². The lowest BCUT2D eigenvalue weighted by Gasteiger charge is -2.22. The highest BCUT2D eigenvalue weighted by atomic mass is 32.2. The highest BCUT2D eigenvalue weighted by Crippen LogP contribution is 2.25. The molecule has 0 saturated carbocycles. The number of nitrogens with zero attached hydrogens (tertiary/aromatic N) is 1. The third kappa shape index (κ3) is 2.63. The lowest BCUT2D eigenvalue weighted by Crippen LogP contribution is -2.37. The zero-order valence-electron chi connectivity index (χ0n) is 10.2. The Morgan fingerprint density at radius 1 is 1.32 bits per heavy atom. The Morgan fingerprint density at radius 2 is 1.95 bits per heavy atom. The van der Waals surface area contributed by atoms with Crippen molar-refractivity contribution in [3.05, 3.63) is 29.8 Å². The van der Waals surface area contributed by atoms with Crippen LogP contribution >= 0.6 is 0 Å². The summed E-state index contributed by atoms with van der Waals surface area (Å²) >= 11 is 0. The molecule has 0 aromatic heterocycles. The zero-order valence-corrected chi connectivity index (χ0v) is 11.0. The smallest absolute Gasteiger partial charge is 0.335 e. The van der Waals surface area contributed by atoms with Crippen molar-refractivity contribution in [2.45, 2.75) is 23.8 Å². The molecular weight excluding hydrogens is 270 g/mol. The number of carboxylic acids is 1. The Bertz CT molecular complexity index is 566. The van der Waals surface area contributed by atoms with E-state index in [1.165, 1.54) is 28.6 Å². The van der Waals surface area contributed by atoms with Crippen molar-refractivity contribution in [2.24, 2.45) is 0 Å². The molecule has 0 radical (unpaired) electrons. The van der Waals surface area contributed by atoms with Crippen LogP contribution in [0.25, 0.3) is 0 Å². The molecule has 1 heterocycles. The molecule has 1 atom stereocenters. The quantitative estimate of drug-likeness (QED) is 0.841. The molecule has 7 heteroatoms. The molecule has 1 aromatic rings. The van der Waals surface area contributed by atoms with Crippen molar-refractivity contribution in [1.82, 2.24) is 4.31 Å². The monoisotopic (exact) mass is 285 g/mol. The van der Waals surface area contributed by atoms with Crippen molar-refractivity contribution in [3.8, 4) is 0 Å². The Labute approximate surface area is 111 Å². The number of aliphatic hydroxyl groups excluding tert-OH is 1. The molecule has 1 aliphatic rings. The van der Waals surface area contributed by atoms with Gasteiger partial charge < -0.3 is 10.2 Å². The minimum Gasteiger partial charge on any atom is -0.478 e. The minimum atomic E-state index is -3.66. The molecule has 6 nitrogen and oxygen atoms in total. The first-order chi connectivity index (χ1) is 8.96. The fourth-order valence-corrected chi connectivity index (χ4v) is 3.90. The van der Waals surface area contributed by atoms with Gasteiger partial charge in [0.2, 0.25) is 10.0 Å². The van der Waals surface area contributed by atoms with E-state index < -0.39 is 16.0 Å². The molecule has 2 rings (SSSR count). The lowest BCUT2D eigenvalue weighted by atomic mass is 10.2. The molecular formula is C12H15NO5S. The van der Waals surface area contributed by atoms with E-state index >= 15 is 0 Å². The molecule has 0 aliphatic carbocycles. The molecule has 1 aliphatic heterocycles. The third-order valence-electron chi connectivity index (χ3n) is 3.24. The predicted octanol–water partition coefficient (Wildman–Crippen LogP) is 0.530. The van der Waals surface area contributed by atoms with Gasteiger partial charge in [-0.05, 0) is 37.1 Å². The lowest BCUT2D eigenvalue weighted by molar-refractivity contribution is 0.0696. The molecule has 104 valence electrons. The van der Waals surface area contributed by atoms with Crippen LogP contribution in [-0.2, 0) is 10.0 Å². The summed E-state index contributed by atoms with van der Waals surface area (Å²) in [5.74, 6) is -1.10. The molecule has 19 heavy (non-hydrogen) atoms. The molecule has 1 fully saturated rings. The Morgan fingerprint density at radius 3 is 2.47 bits per heavy atom. The topological polar surface area (TPSA) is 94.9 Å². The van der Waals surface area contributed by atoms with Crippen LogP contribution in [-0.4, -0.2) is 48.1 Å². The first kappa shape index (κ1) is 14.0. The van der Waals surface area contributed by atoms with Gasteiger partial charge in [0.15, 0.2) is 0 Å². The molecule has 0 unspecified atom stereocenters. The number of carboxylic acid groups (broad SMARTS) is 1. The fourth-order valence-electron chi connectivity index (χ4n) is 2.21. The summed E-state index contributed by atoms with van der Waals surface area (Å²) in [6.07, 6.45) is 1.36. The molecule has 2 N–H and O–H groups in total. The van der Waals surface area contributed by atoms with Crippen LogP contribution in [0.5, 0.6) is 0 Å². The van der Waals surface area contributed by atoms with Gasteiger partial charge in [-0.2, -0.15) is 4.31 Å². The summed E-state index contributed by atoms with van der Waals surface area (Å²) in [5, 5.41) is 18.0.